The molecule has 0 aliphatic rings. The van der Waals surface area contributed by atoms with Crippen LogP contribution in [0.2, 0.25) is 0 Å². The average molecular weight is 272 g/mol. The van der Waals surface area contributed by atoms with Crippen molar-refractivity contribution in [3.8, 4) is 0 Å². The van der Waals surface area contributed by atoms with E-state index in [1.165, 1.54) is 11.1 Å². The Balaban J connectivity index is 2.23. The summed E-state index contributed by atoms with van der Waals surface area (Å²) in [5, 5.41) is 0. The van der Waals surface area contributed by atoms with Gasteiger partial charge in [-0.05, 0) is 32.8 Å². The lowest BCUT2D eigenvalue weighted by molar-refractivity contribution is -0.142. The number of esters is 1. The molecule has 1 aromatic carbocycles. The number of carbonyl (C=O) groups excluding carboxylic acids is 1. The summed E-state index contributed by atoms with van der Waals surface area (Å²) in [6, 6.07) is 9.67. The van der Waals surface area contributed by atoms with E-state index in [4.69, 9.17) is 4.74 Å². The summed E-state index contributed by atoms with van der Waals surface area (Å²) in [6.07, 6.45) is 6.47. The van der Waals surface area contributed by atoms with Crippen molar-refractivity contribution in [1.82, 2.24) is 0 Å². The molecule has 0 radical (unpaired) electrons. The molecule has 0 atom stereocenters. The molecular weight excluding hydrogens is 248 g/mol. The van der Waals surface area contributed by atoms with Gasteiger partial charge in [0.15, 0.2) is 0 Å². The molecule has 0 aliphatic heterocycles. The van der Waals surface area contributed by atoms with Crippen molar-refractivity contribution in [3.05, 3.63) is 59.2 Å². The van der Waals surface area contributed by atoms with Crippen molar-refractivity contribution in [2.24, 2.45) is 0 Å². The van der Waals surface area contributed by atoms with Crippen LogP contribution in [0.3, 0.4) is 0 Å². The molecule has 0 aliphatic carbocycles. The SMILES string of the molecule is CC(C)=CC/C=C(\C)CCOC(=O)Cc1ccccc1. The molecule has 0 bridgehead atoms. The van der Waals surface area contributed by atoms with Crippen LogP contribution in [0.1, 0.15) is 39.2 Å². The van der Waals surface area contributed by atoms with Gasteiger partial charge < -0.3 is 4.74 Å². The first-order valence-electron chi connectivity index (χ1n) is 7.06. The summed E-state index contributed by atoms with van der Waals surface area (Å²) in [6.45, 7) is 6.72. The maximum Gasteiger partial charge on any atom is 0.310 e. The summed E-state index contributed by atoms with van der Waals surface area (Å²) in [5.74, 6) is -0.159. The highest BCUT2D eigenvalue weighted by molar-refractivity contribution is 5.72. The van der Waals surface area contributed by atoms with Crippen LogP contribution in [-0.2, 0) is 16.0 Å². The monoisotopic (exact) mass is 272 g/mol. The molecule has 0 fully saturated rings. The third-order valence-corrected chi connectivity index (χ3v) is 2.94. The van der Waals surface area contributed by atoms with Gasteiger partial charge in [-0.3, -0.25) is 4.79 Å². The van der Waals surface area contributed by atoms with E-state index < -0.39 is 0 Å². The first-order chi connectivity index (χ1) is 9.58. The van der Waals surface area contributed by atoms with E-state index in [-0.39, 0.29) is 5.97 Å². The van der Waals surface area contributed by atoms with E-state index in [1.54, 1.807) is 0 Å². The number of carbonyl (C=O) groups is 1. The van der Waals surface area contributed by atoms with Crippen LogP contribution in [0.4, 0.5) is 0 Å². The standard InChI is InChI=1S/C18H24O2/c1-15(2)8-7-9-16(3)12-13-20-18(19)14-17-10-5-4-6-11-17/h4-6,8-11H,7,12-14H2,1-3H3/b16-9+. The van der Waals surface area contributed by atoms with E-state index >= 15 is 0 Å². The quantitative estimate of drug-likeness (QED) is 0.541. The van der Waals surface area contributed by atoms with Crippen molar-refractivity contribution in [1.29, 1.82) is 0 Å². The van der Waals surface area contributed by atoms with Crippen LogP contribution in [0.5, 0.6) is 0 Å². The predicted octanol–water partition coefficient (Wildman–Crippen LogP) is 4.47. The molecule has 0 aromatic heterocycles. The Morgan fingerprint density at radius 3 is 2.45 bits per heavy atom. The van der Waals surface area contributed by atoms with Gasteiger partial charge in [-0.15, -0.1) is 0 Å². The smallest absolute Gasteiger partial charge is 0.310 e. The highest BCUT2D eigenvalue weighted by Crippen LogP contribution is 2.05. The average Bonchev–Trinajstić information content (AvgIpc) is 2.39. The molecule has 0 amide bonds. The largest absolute Gasteiger partial charge is 0.465 e. The lowest BCUT2D eigenvalue weighted by Gasteiger charge is -2.05. The molecule has 0 unspecified atom stereocenters. The van der Waals surface area contributed by atoms with E-state index in [0.29, 0.717) is 13.0 Å². The van der Waals surface area contributed by atoms with Crippen LogP contribution in [-0.4, -0.2) is 12.6 Å². The molecule has 0 saturated carbocycles. The number of rotatable bonds is 7. The number of hydrogen-bond donors (Lipinski definition) is 0. The number of hydrogen-bond acceptors (Lipinski definition) is 2. The molecule has 0 N–H and O–H groups in total. The minimum atomic E-state index is -0.159. The Kier molecular flexibility index (Phi) is 7.41. The minimum Gasteiger partial charge on any atom is -0.465 e. The highest BCUT2D eigenvalue weighted by atomic mass is 16.5. The molecular formula is C18H24O2. The summed E-state index contributed by atoms with van der Waals surface area (Å²) >= 11 is 0. The van der Waals surface area contributed by atoms with E-state index in [2.05, 4.69) is 32.9 Å². The van der Waals surface area contributed by atoms with Gasteiger partial charge in [0.1, 0.15) is 0 Å². The van der Waals surface area contributed by atoms with Gasteiger partial charge in [0.2, 0.25) is 0 Å². The summed E-state index contributed by atoms with van der Waals surface area (Å²) in [4.78, 5) is 11.6. The molecule has 1 aromatic rings. The molecule has 0 heterocycles. The van der Waals surface area contributed by atoms with Crippen molar-refractivity contribution in [2.45, 2.75) is 40.0 Å². The number of benzene rings is 1. The van der Waals surface area contributed by atoms with Gasteiger partial charge in [0, 0.05) is 6.42 Å². The number of allylic oxidation sites excluding steroid dienone is 3. The van der Waals surface area contributed by atoms with Crippen molar-refractivity contribution in [2.75, 3.05) is 6.61 Å². The third-order valence-electron chi connectivity index (χ3n) is 2.94. The summed E-state index contributed by atoms with van der Waals surface area (Å²) < 4.78 is 5.25. The van der Waals surface area contributed by atoms with Gasteiger partial charge in [-0.25, -0.2) is 0 Å². The summed E-state index contributed by atoms with van der Waals surface area (Å²) in [7, 11) is 0. The van der Waals surface area contributed by atoms with Gasteiger partial charge in [0.05, 0.1) is 13.0 Å². The second kappa shape index (κ2) is 9.13. The number of ether oxygens (including phenoxy) is 1. The molecule has 2 nitrogen and oxygen atoms in total. The van der Waals surface area contributed by atoms with Crippen molar-refractivity contribution >= 4 is 5.97 Å². The fourth-order valence-corrected chi connectivity index (χ4v) is 1.74. The molecule has 0 spiro atoms. The minimum absolute atomic E-state index is 0.159. The maximum absolute atomic E-state index is 11.6. The Hall–Kier alpha value is -1.83. The van der Waals surface area contributed by atoms with Crippen LogP contribution in [0.15, 0.2) is 53.6 Å². The van der Waals surface area contributed by atoms with E-state index in [1.807, 2.05) is 30.3 Å². The van der Waals surface area contributed by atoms with Crippen LogP contribution >= 0.6 is 0 Å². The van der Waals surface area contributed by atoms with Crippen molar-refractivity contribution < 1.29 is 9.53 Å². The maximum atomic E-state index is 11.6. The lowest BCUT2D eigenvalue weighted by Crippen LogP contribution is -2.09. The third kappa shape index (κ3) is 7.57. The lowest BCUT2D eigenvalue weighted by atomic mass is 10.1. The second-order valence-corrected chi connectivity index (χ2v) is 5.20. The highest BCUT2D eigenvalue weighted by Gasteiger charge is 2.03. The van der Waals surface area contributed by atoms with Gasteiger partial charge in [0.25, 0.3) is 0 Å². The second-order valence-electron chi connectivity index (χ2n) is 5.20. The topological polar surface area (TPSA) is 26.3 Å². The van der Waals surface area contributed by atoms with Gasteiger partial charge in [-0.1, -0.05) is 53.6 Å². The molecule has 20 heavy (non-hydrogen) atoms. The van der Waals surface area contributed by atoms with E-state index in [9.17, 15) is 4.79 Å². The Bertz CT molecular complexity index is 465. The van der Waals surface area contributed by atoms with Crippen LogP contribution in [0, 0.1) is 0 Å². The molecule has 1 rings (SSSR count). The zero-order chi connectivity index (χ0) is 14.8. The fourth-order valence-electron chi connectivity index (χ4n) is 1.74. The zero-order valence-corrected chi connectivity index (χ0v) is 12.7. The molecule has 0 saturated heterocycles. The first-order valence-corrected chi connectivity index (χ1v) is 7.06. The fraction of sp³-hybridized carbons (Fsp3) is 0.389. The Morgan fingerprint density at radius 1 is 1.10 bits per heavy atom. The van der Waals surface area contributed by atoms with Crippen LogP contribution in [0.25, 0.3) is 0 Å². The Labute approximate surface area is 122 Å². The first kappa shape index (κ1) is 16.2. The van der Waals surface area contributed by atoms with Crippen LogP contribution < -0.4 is 0 Å². The molecule has 108 valence electrons. The Morgan fingerprint density at radius 2 is 1.80 bits per heavy atom. The van der Waals surface area contributed by atoms with Crippen molar-refractivity contribution in [3.63, 3.8) is 0 Å². The predicted molar refractivity (Wildman–Crippen MR) is 83.5 cm³/mol. The van der Waals surface area contributed by atoms with Gasteiger partial charge >= 0.3 is 5.97 Å². The molecule has 2 heteroatoms. The van der Waals surface area contributed by atoms with Gasteiger partial charge in [-0.2, -0.15) is 0 Å². The van der Waals surface area contributed by atoms with E-state index in [0.717, 1.165) is 18.4 Å². The zero-order valence-electron chi connectivity index (χ0n) is 12.7. The summed E-state index contributed by atoms with van der Waals surface area (Å²) in [5.41, 5.74) is 3.58. The normalized spacial score (nSPS) is 11.1.